The normalized spacial score (nSPS) is 13.2. The van der Waals surface area contributed by atoms with E-state index < -0.39 is 9.84 Å². The molecule has 1 aromatic rings. The highest BCUT2D eigenvalue weighted by atomic mass is 32.3. The molecule has 0 saturated heterocycles. The molecule has 0 aliphatic carbocycles. The van der Waals surface area contributed by atoms with E-state index in [-0.39, 0.29) is 0 Å². The van der Waals surface area contributed by atoms with Crippen molar-refractivity contribution in [3.05, 3.63) is 52.3 Å². The summed E-state index contributed by atoms with van der Waals surface area (Å²) in [5.74, 6) is 0. The number of sulfone groups is 1. The zero-order chi connectivity index (χ0) is 12.9. The molecule has 0 heterocycles. The fourth-order valence-electron chi connectivity index (χ4n) is 1.28. The molecule has 0 spiro atoms. The van der Waals surface area contributed by atoms with Gasteiger partial charge in [0.15, 0.2) is 0 Å². The Labute approximate surface area is 107 Å². The lowest BCUT2D eigenvalue weighted by Gasteiger charge is -2.06. The fourth-order valence-corrected chi connectivity index (χ4v) is 3.64. The van der Waals surface area contributed by atoms with Crippen LogP contribution in [0, 0.1) is 6.92 Å². The van der Waals surface area contributed by atoms with Gasteiger partial charge in [-0.05, 0) is 38.3 Å². The molecule has 0 amide bonds. The molecule has 0 saturated carbocycles. The van der Waals surface area contributed by atoms with Crippen molar-refractivity contribution < 1.29 is 8.42 Å². The Morgan fingerprint density at radius 2 is 1.82 bits per heavy atom. The summed E-state index contributed by atoms with van der Waals surface area (Å²) in [5.41, 5.74) is 1.05. The molecule has 4 heteroatoms. The van der Waals surface area contributed by atoms with Crippen LogP contribution in [-0.4, -0.2) is 14.7 Å². The van der Waals surface area contributed by atoms with Gasteiger partial charge in [0, 0.05) is 0 Å². The summed E-state index contributed by atoms with van der Waals surface area (Å²) in [7, 11) is -3.37. The highest BCUT2D eigenvalue weighted by molar-refractivity contribution is 8.18. The number of hydrogen-bond acceptors (Lipinski definition) is 3. The van der Waals surface area contributed by atoms with Gasteiger partial charge in [-0.25, -0.2) is 8.42 Å². The van der Waals surface area contributed by atoms with E-state index in [0.717, 1.165) is 5.56 Å². The predicted octanol–water partition coefficient (Wildman–Crippen LogP) is 3.55. The lowest BCUT2D eigenvalue weighted by molar-refractivity contribution is 0.604. The molecule has 1 rings (SSSR count). The molecule has 0 N–H and O–H groups in total. The molecular formula is C13H16O2S2. The van der Waals surface area contributed by atoms with Crippen LogP contribution in [-0.2, 0) is 9.84 Å². The molecule has 0 radical (unpaired) electrons. The first-order chi connectivity index (χ1) is 8.02. The largest absolute Gasteiger partial charge is 0.218 e. The van der Waals surface area contributed by atoms with Crippen molar-refractivity contribution in [2.24, 2.45) is 0 Å². The highest BCUT2D eigenvalue weighted by Crippen LogP contribution is 2.26. The SMILES string of the molecule is C/C=C/C=C(\SC)S(=O)(=O)c1ccc(C)cc1. The Morgan fingerprint density at radius 1 is 1.24 bits per heavy atom. The maximum atomic E-state index is 12.3. The van der Waals surface area contributed by atoms with Crippen molar-refractivity contribution in [2.75, 3.05) is 6.26 Å². The van der Waals surface area contributed by atoms with Crippen molar-refractivity contribution >= 4 is 21.6 Å². The van der Waals surface area contributed by atoms with Gasteiger partial charge in [-0.2, -0.15) is 0 Å². The second-order valence-electron chi connectivity index (χ2n) is 3.53. The van der Waals surface area contributed by atoms with Crippen LogP contribution in [0.3, 0.4) is 0 Å². The van der Waals surface area contributed by atoms with E-state index in [4.69, 9.17) is 0 Å². The van der Waals surface area contributed by atoms with Gasteiger partial charge in [-0.1, -0.05) is 29.8 Å². The number of benzene rings is 1. The van der Waals surface area contributed by atoms with Crippen LogP contribution in [0.1, 0.15) is 12.5 Å². The Balaban J connectivity index is 3.22. The molecule has 0 fully saturated rings. The molecule has 0 atom stereocenters. The summed E-state index contributed by atoms with van der Waals surface area (Å²) in [6, 6.07) is 6.90. The van der Waals surface area contributed by atoms with Gasteiger partial charge in [-0.15, -0.1) is 11.8 Å². The maximum Gasteiger partial charge on any atom is 0.212 e. The molecule has 0 aliphatic heterocycles. The van der Waals surface area contributed by atoms with Gasteiger partial charge < -0.3 is 0 Å². The van der Waals surface area contributed by atoms with Crippen LogP contribution in [0.2, 0.25) is 0 Å². The topological polar surface area (TPSA) is 34.1 Å². The van der Waals surface area contributed by atoms with Gasteiger partial charge in [-0.3, -0.25) is 0 Å². The quantitative estimate of drug-likeness (QED) is 0.783. The average Bonchev–Trinajstić information content (AvgIpc) is 2.30. The molecule has 0 aliphatic rings. The molecule has 0 unspecified atom stereocenters. The van der Waals surface area contributed by atoms with Crippen LogP contribution in [0.15, 0.2) is 51.6 Å². The molecule has 92 valence electrons. The van der Waals surface area contributed by atoms with Crippen LogP contribution in [0.25, 0.3) is 0 Å². The maximum absolute atomic E-state index is 12.3. The number of thioether (sulfide) groups is 1. The smallest absolute Gasteiger partial charge is 0.212 e. The van der Waals surface area contributed by atoms with E-state index in [2.05, 4.69) is 0 Å². The molecule has 1 aromatic carbocycles. The standard InChI is InChI=1S/C13H16O2S2/c1-4-5-6-13(16-3)17(14,15)12-9-7-11(2)8-10-12/h4-10H,1-3H3/b5-4+,13-6+. The second kappa shape index (κ2) is 6.07. The minimum Gasteiger partial charge on any atom is -0.218 e. The van der Waals surface area contributed by atoms with E-state index in [1.165, 1.54) is 11.8 Å². The van der Waals surface area contributed by atoms with Crippen molar-refractivity contribution in [1.29, 1.82) is 0 Å². The lowest BCUT2D eigenvalue weighted by atomic mass is 10.2. The van der Waals surface area contributed by atoms with Crippen LogP contribution in [0.5, 0.6) is 0 Å². The van der Waals surface area contributed by atoms with E-state index in [0.29, 0.717) is 9.13 Å². The molecule has 17 heavy (non-hydrogen) atoms. The number of hydrogen-bond donors (Lipinski definition) is 0. The summed E-state index contributed by atoms with van der Waals surface area (Å²) in [5, 5.41) is 0. The molecule has 2 nitrogen and oxygen atoms in total. The minimum absolute atomic E-state index is 0.341. The monoisotopic (exact) mass is 268 g/mol. The molecular weight excluding hydrogens is 252 g/mol. The first-order valence-corrected chi connectivity index (χ1v) is 7.92. The van der Waals surface area contributed by atoms with Crippen molar-refractivity contribution in [3.63, 3.8) is 0 Å². The predicted molar refractivity (Wildman–Crippen MR) is 74.8 cm³/mol. The van der Waals surface area contributed by atoms with E-state index in [1.807, 2.05) is 13.8 Å². The first kappa shape index (κ1) is 14.1. The summed E-state index contributed by atoms with van der Waals surface area (Å²) in [6.07, 6.45) is 6.93. The van der Waals surface area contributed by atoms with Gasteiger partial charge in [0.25, 0.3) is 0 Å². The summed E-state index contributed by atoms with van der Waals surface area (Å²) < 4.78 is 24.9. The van der Waals surface area contributed by atoms with E-state index >= 15 is 0 Å². The van der Waals surface area contributed by atoms with Crippen LogP contribution >= 0.6 is 11.8 Å². The Morgan fingerprint density at radius 3 is 2.29 bits per heavy atom. The third-order valence-corrected chi connectivity index (χ3v) is 5.48. The zero-order valence-corrected chi connectivity index (χ0v) is 11.8. The van der Waals surface area contributed by atoms with Gasteiger partial charge in [0.2, 0.25) is 9.84 Å². The minimum atomic E-state index is -3.37. The van der Waals surface area contributed by atoms with Crippen molar-refractivity contribution in [3.8, 4) is 0 Å². The summed E-state index contributed by atoms with van der Waals surface area (Å²) in [4.78, 5) is 0.341. The zero-order valence-electron chi connectivity index (χ0n) is 10.2. The fraction of sp³-hybridized carbons (Fsp3) is 0.231. The lowest BCUT2D eigenvalue weighted by Crippen LogP contribution is -2.02. The Hall–Kier alpha value is -1.00. The highest BCUT2D eigenvalue weighted by Gasteiger charge is 2.18. The second-order valence-corrected chi connectivity index (χ2v) is 6.56. The third kappa shape index (κ3) is 3.48. The van der Waals surface area contributed by atoms with Crippen molar-refractivity contribution in [1.82, 2.24) is 0 Å². The third-order valence-electron chi connectivity index (χ3n) is 2.22. The number of aryl methyl sites for hydroxylation is 1. The summed E-state index contributed by atoms with van der Waals surface area (Å²) >= 11 is 1.24. The van der Waals surface area contributed by atoms with E-state index in [9.17, 15) is 8.42 Å². The molecule has 0 bridgehead atoms. The van der Waals surface area contributed by atoms with Gasteiger partial charge in [0.05, 0.1) is 4.90 Å². The van der Waals surface area contributed by atoms with Crippen LogP contribution in [0.4, 0.5) is 0 Å². The number of rotatable bonds is 4. The van der Waals surface area contributed by atoms with E-state index in [1.54, 1.807) is 48.7 Å². The first-order valence-electron chi connectivity index (χ1n) is 5.21. The Bertz CT molecular complexity index is 523. The average molecular weight is 268 g/mol. The van der Waals surface area contributed by atoms with Gasteiger partial charge >= 0.3 is 0 Å². The molecule has 0 aromatic heterocycles. The summed E-state index contributed by atoms with van der Waals surface area (Å²) in [6.45, 7) is 3.79. The van der Waals surface area contributed by atoms with Crippen molar-refractivity contribution in [2.45, 2.75) is 18.7 Å². The van der Waals surface area contributed by atoms with Crippen LogP contribution < -0.4 is 0 Å². The Kier molecular flexibility index (Phi) is 5.02. The van der Waals surface area contributed by atoms with Gasteiger partial charge in [0.1, 0.15) is 4.24 Å². The number of allylic oxidation sites excluding steroid dienone is 3.